The molecule has 0 aliphatic rings. The summed E-state index contributed by atoms with van der Waals surface area (Å²) in [6.45, 7) is 0. The van der Waals surface area contributed by atoms with Crippen molar-refractivity contribution in [1.29, 1.82) is 0 Å². The lowest BCUT2D eigenvalue weighted by atomic mass is 10.4. The zero-order chi connectivity index (χ0) is 13.9. The van der Waals surface area contributed by atoms with Crippen LogP contribution in [0.3, 0.4) is 0 Å². The van der Waals surface area contributed by atoms with Gasteiger partial charge in [0, 0.05) is 0 Å². The monoisotopic (exact) mass is 300 g/mol. The van der Waals surface area contributed by atoms with Crippen molar-refractivity contribution in [3.8, 4) is 0 Å². The lowest BCUT2D eigenvalue weighted by molar-refractivity contribution is 0.0959. The van der Waals surface area contributed by atoms with Gasteiger partial charge < -0.3 is 4.42 Å². The van der Waals surface area contributed by atoms with E-state index in [4.69, 9.17) is 8.97 Å². The molecule has 9 heteroatoms. The summed E-state index contributed by atoms with van der Waals surface area (Å²) in [4.78, 5) is 12.0. The molecule has 0 aromatic carbocycles. The van der Waals surface area contributed by atoms with Crippen molar-refractivity contribution >= 4 is 33.6 Å². The van der Waals surface area contributed by atoms with Gasteiger partial charge in [-0.05, 0) is 23.6 Å². The molecule has 0 fully saturated rings. The predicted molar refractivity (Wildman–Crippen MR) is 67.9 cm³/mol. The van der Waals surface area contributed by atoms with E-state index < -0.39 is 15.2 Å². The third-order valence-electron chi connectivity index (χ3n) is 1.96. The predicted octanol–water partition coefficient (Wildman–Crippen LogP) is 1.35. The van der Waals surface area contributed by atoms with E-state index in [0.717, 1.165) is 12.3 Å². The van der Waals surface area contributed by atoms with Gasteiger partial charge in [-0.2, -0.15) is 13.5 Å². The SMILES string of the molecule is O=C(N/N=C\c1ccc(S(=O)(=O)O)o1)c1cccs1. The number of carbonyl (C=O) groups excluding carboxylic acids is 1. The van der Waals surface area contributed by atoms with E-state index in [1.807, 2.05) is 0 Å². The number of hydrogen-bond donors (Lipinski definition) is 2. The summed E-state index contributed by atoms with van der Waals surface area (Å²) in [5.41, 5.74) is 2.25. The van der Waals surface area contributed by atoms with Gasteiger partial charge in [0.05, 0.1) is 11.1 Å². The summed E-state index contributed by atoms with van der Waals surface area (Å²) in [5, 5.41) is 4.77. The number of carbonyl (C=O) groups is 1. The first-order valence-electron chi connectivity index (χ1n) is 4.91. The molecule has 0 aliphatic carbocycles. The minimum absolute atomic E-state index is 0.0825. The molecule has 2 aromatic rings. The van der Waals surface area contributed by atoms with Gasteiger partial charge in [-0.15, -0.1) is 11.3 Å². The van der Waals surface area contributed by atoms with Gasteiger partial charge in [0.15, 0.2) is 0 Å². The molecule has 0 radical (unpaired) electrons. The van der Waals surface area contributed by atoms with Crippen LogP contribution in [0.5, 0.6) is 0 Å². The Bertz CT molecular complexity index is 700. The van der Waals surface area contributed by atoms with Gasteiger partial charge in [-0.1, -0.05) is 6.07 Å². The van der Waals surface area contributed by atoms with Crippen molar-refractivity contribution in [2.24, 2.45) is 5.10 Å². The van der Waals surface area contributed by atoms with E-state index in [1.54, 1.807) is 17.5 Å². The molecule has 2 N–H and O–H groups in total. The summed E-state index contributed by atoms with van der Waals surface area (Å²) >= 11 is 1.26. The Hall–Kier alpha value is -1.97. The van der Waals surface area contributed by atoms with Crippen LogP contribution >= 0.6 is 11.3 Å². The van der Waals surface area contributed by atoms with Crippen LogP contribution in [0, 0.1) is 0 Å². The average Bonchev–Trinajstić information content (AvgIpc) is 2.99. The second-order valence-corrected chi connectivity index (χ2v) is 5.61. The van der Waals surface area contributed by atoms with Crippen LogP contribution < -0.4 is 5.43 Å². The van der Waals surface area contributed by atoms with Gasteiger partial charge in [-0.3, -0.25) is 9.35 Å². The van der Waals surface area contributed by atoms with Gasteiger partial charge in [0.25, 0.3) is 5.91 Å². The Morgan fingerprint density at radius 2 is 2.21 bits per heavy atom. The van der Waals surface area contributed by atoms with Crippen molar-refractivity contribution in [2.45, 2.75) is 5.09 Å². The third-order valence-corrected chi connectivity index (χ3v) is 3.56. The number of hydrazone groups is 1. The topological polar surface area (TPSA) is 109 Å². The Morgan fingerprint density at radius 3 is 2.79 bits per heavy atom. The van der Waals surface area contributed by atoms with E-state index >= 15 is 0 Å². The Morgan fingerprint density at radius 1 is 1.42 bits per heavy atom. The fourth-order valence-corrected chi connectivity index (χ4v) is 2.21. The number of thiophene rings is 1. The molecular formula is C10H8N2O5S2. The molecule has 1 amide bonds. The Labute approximate surface area is 112 Å². The van der Waals surface area contributed by atoms with Gasteiger partial charge in [0.2, 0.25) is 5.09 Å². The van der Waals surface area contributed by atoms with Crippen LogP contribution in [0.4, 0.5) is 0 Å². The number of nitrogens with zero attached hydrogens (tertiary/aromatic N) is 1. The first kappa shape index (κ1) is 13.5. The molecule has 0 aliphatic heterocycles. The smallest absolute Gasteiger partial charge is 0.328 e. The van der Waals surface area contributed by atoms with Crippen molar-refractivity contribution in [2.75, 3.05) is 0 Å². The highest BCUT2D eigenvalue weighted by Gasteiger charge is 2.14. The quantitative estimate of drug-likeness (QED) is 0.503. The summed E-state index contributed by atoms with van der Waals surface area (Å²) in [5.74, 6) is -0.299. The van der Waals surface area contributed by atoms with Crippen molar-refractivity contribution in [3.05, 3.63) is 40.3 Å². The molecular weight excluding hydrogens is 292 g/mol. The standard InChI is InChI=1S/C10H8N2O5S2/c13-10(8-2-1-5-18-8)12-11-6-7-3-4-9(17-7)19(14,15)16/h1-6H,(H,12,13)(H,14,15,16)/b11-6-. The van der Waals surface area contributed by atoms with Crippen LogP contribution in [0.1, 0.15) is 15.4 Å². The number of nitrogens with one attached hydrogen (secondary N) is 1. The normalized spacial score (nSPS) is 11.8. The fraction of sp³-hybridized carbons (Fsp3) is 0. The van der Waals surface area contributed by atoms with E-state index in [0.29, 0.717) is 4.88 Å². The van der Waals surface area contributed by atoms with Gasteiger partial charge in [-0.25, -0.2) is 5.43 Å². The number of furan rings is 1. The molecule has 19 heavy (non-hydrogen) atoms. The van der Waals surface area contributed by atoms with E-state index in [2.05, 4.69) is 10.5 Å². The second kappa shape index (κ2) is 5.34. The molecule has 2 heterocycles. The molecule has 0 spiro atoms. The zero-order valence-corrected chi connectivity index (χ0v) is 10.9. The maximum atomic E-state index is 11.5. The van der Waals surface area contributed by atoms with Crippen LogP contribution in [-0.2, 0) is 10.1 Å². The van der Waals surface area contributed by atoms with Gasteiger partial charge >= 0.3 is 10.1 Å². The van der Waals surface area contributed by atoms with E-state index in [1.165, 1.54) is 17.4 Å². The molecule has 0 atom stereocenters. The number of amides is 1. The lowest BCUT2D eigenvalue weighted by Gasteiger charge is -1.94. The van der Waals surface area contributed by atoms with Gasteiger partial charge in [0.1, 0.15) is 5.76 Å². The first-order valence-corrected chi connectivity index (χ1v) is 7.23. The van der Waals surface area contributed by atoms with Crippen LogP contribution in [0.25, 0.3) is 0 Å². The van der Waals surface area contributed by atoms with E-state index in [9.17, 15) is 13.2 Å². The van der Waals surface area contributed by atoms with Crippen LogP contribution in [-0.4, -0.2) is 25.1 Å². The van der Waals surface area contributed by atoms with Crippen molar-refractivity contribution in [1.82, 2.24) is 5.43 Å². The maximum Gasteiger partial charge on any atom is 0.328 e. The molecule has 2 rings (SSSR count). The summed E-state index contributed by atoms with van der Waals surface area (Å²) in [6.07, 6.45) is 1.13. The Kier molecular flexibility index (Phi) is 3.79. The minimum Gasteiger partial charge on any atom is -0.441 e. The lowest BCUT2D eigenvalue weighted by Crippen LogP contribution is -2.15. The molecule has 2 aromatic heterocycles. The van der Waals surface area contributed by atoms with Crippen molar-refractivity contribution < 1.29 is 22.2 Å². The zero-order valence-electron chi connectivity index (χ0n) is 9.31. The van der Waals surface area contributed by atoms with Crippen LogP contribution in [0.2, 0.25) is 0 Å². The molecule has 0 saturated carbocycles. The molecule has 7 nitrogen and oxygen atoms in total. The van der Waals surface area contributed by atoms with Crippen molar-refractivity contribution in [3.63, 3.8) is 0 Å². The summed E-state index contributed by atoms with van der Waals surface area (Å²) in [7, 11) is -4.37. The fourth-order valence-electron chi connectivity index (χ4n) is 1.16. The first-order chi connectivity index (χ1) is 8.97. The highest BCUT2D eigenvalue weighted by molar-refractivity contribution is 7.85. The summed E-state index contributed by atoms with van der Waals surface area (Å²) in [6, 6.07) is 5.74. The molecule has 0 bridgehead atoms. The number of rotatable bonds is 4. The highest BCUT2D eigenvalue weighted by Crippen LogP contribution is 2.11. The largest absolute Gasteiger partial charge is 0.441 e. The highest BCUT2D eigenvalue weighted by atomic mass is 32.2. The molecule has 0 unspecified atom stereocenters. The van der Waals surface area contributed by atoms with E-state index in [-0.39, 0.29) is 11.7 Å². The molecule has 100 valence electrons. The van der Waals surface area contributed by atoms with Crippen LogP contribution in [0.15, 0.2) is 44.3 Å². The second-order valence-electron chi connectivity index (χ2n) is 3.31. The average molecular weight is 300 g/mol. The number of hydrogen-bond acceptors (Lipinski definition) is 6. The molecule has 0 saturated heterocycles. The summed E-state index contributed by atoms with van der Waals surface area (Å²) < 4.78 is 35.0. The minimum atomic E-state index is -4.37. The third kappa shape index (κ3) is 3.50. The Balaban J connectivity index is 2.00. The maximum absolute atomic E-state index is 11.5.